The van der Waals surface area contributed by atoms with Gasteiger partial charge in [-0.15, -0.1) is 65.0 Å². The number of hydrogen-bond donors (Lipinski definition) is 0. The van der Waals surface area contributed by atoms with Gasteiger partial charge in [0.05, 0.1) is 0 Å². The molecule has 0 saturated carbocycles. The summed E-state index contributed by atoms with van der Waals surface area (Å²) in [4.78, 5) is 9.05. The zero-order valence-electron chi connectivity index (χ0n) is 26.4. The molecule has 8 aromatic carbocycles. The Morgan fingerprint density at radius 2 is 1.04 bits per heavy atom. The Morgan fingerprint density at radius 1 is 0.388 bits per heavy atom. The molecule has 49 heavy (non-hydrogen) atoms. The summed E-state index contributed by atoms with van der Waals surface area (Å²) in [5.41, 5.74) is 4.01. The number of aromatic nitrogens is 2. The van der Waals surface area contributed by atoms with Gasteiger partial charge in [-0.3, -0.25) is 0 Å². The van der Waals surface area contributed by atoms with Crippen LogP contribution in [0.4, 0.5) is 0 Å². The van der Waals surface area contributed by atoms with Crippen molar-refractivity contribution in [3.05, 3.63) is 182 Å². The smallest absolute Gasteiger partial charge is 0.0167 e. The van der Waals surface area contributed by atoms with Crippen LogP contribution in [0, 0.1) is 12.1 Å². The van der Waals surface area contributed by atoms with Crippen LogP contribution in [0.2, 0.25) is 0 Å². The Labute approximate surface area is 298 Å². The molecule has 0 aliphatic heterocycles. The van der Waals surface area contributed by atoms with Crippen LogP contribution in [-0.2, 0) is 20.1 Å². The van der Waals surface area contributed by atoms with Gasteiger partial charge in [0.1, 0.15) is 0 Å². The summed E-state index contributed by atoms with van der Waals surface area (Å²) in [6.07, 6.45) is 3.72. The molecule has 0 bridgehead atoms. The molecule has 2 heterocycles. The van der Waals surface area contributed by atoms with Crippen molar-refractivity contribution in [1.82, 2.24) is 9.97 Å². The standard InChI is InChI=1S/C35H20N.C11H8N.Ir/c1-3-7-27-22(5-1)13-16-31-30(27)17-18-33-32(31)19-20-36-35(33)26-14-15-29-25(21-26)12-11-24-10-9-23-6-2-4-8-28(23)34(24)29;1-2-6-10(7-3-1)11-8-4-5-9-12-11;/h1-13,15-21H;1-6,8-9H;/q2*-1;. The predicted octanol–water partition coefficient (Wildman–Crippen LogP) is 12.0. The molecule has 10 aromatic rings. The number of nitrogens with zero attached hydrogens (tertiary/aromatic N) is 2. The molecule has 0 aliphatic carbocycles. The van der Waals surface area contributed by atoms with E-state index in [-0.39, 0.29) is 20.1 Å². The summed E-state index contributed by atoms with van der Waals surface area (Å²) in [5, 5.41) is 15.0. The Morgan fingerprint density at radius 3 is 1.86 bits per heavy atom. The zero-order valence-corrected chi connectivity index (χ0v) is 28.8. The van der Waals surface area contributed by atoms with E-state index in [1.165, 1.54) is 59.2 Å². The molecule has 10 rings (SSSR count). The van der Waals surface area contributed by atoms with E-state index in [9.17, 15) is 0 Å². The van der Waals surface area contributed by atoms with Gasteiger partial charge in [0.25, 0.3) is 0 Å². The fourth-order valence-electron chi connectivity index (χ4n) is 6.95. The van der Waals surface area contributed by atoms with E-state index in [4.69, 9.17) is 4.98 Å². The van der Waals surface area contributed by atoms with Crippen molar-refractivity contribution in [2.24, 2.45) is 0 Å². The number of pyridine rings is 2. The number of benzene rings is 8. The molecule has 2 nitrogen and oxygen atoms in total. The zero-order chi connectivity index (χ0) is 31.9. The van der Waals surface area contributed by atoms with Crippen molar-refractivity contribution in [1.29, 1.82) is 0 Å². The fraction of sp³-hybridized carbons (Fsp3) is 0. The minimum absolute atomic E-state index is 0. The van der Waals surface area contributed by atoms with Crippen molar-refractivity contribution < 1.29 is 20.1 Å². The van der Waals surface area contributed by atoms with Crippen LogP contribution in [0.15, 0.2) is 170 Å². The summed E-state index contributed by atoms with van der Waals surface area (Å²) in [6, 6.07) is 61.9. The number of hydrogen-bond acceptors (Lipinski definition) is 2. The first kappa shape index (κ1) is 30.6. The molecular formula is C46H28IrN2-2. The summed E-state index contributed by atoms with van der Waals surface area (Å²) < 4.78 is 0. The van der Waals surface area contributed by atoms with Crippen molar-refractivity contribution in [2.45, 2.75) is 0 Å². The van der Waals surface area contributed by atoms with E-state index in [1.54, 1.807) is 6.20 Å². The van der Waals surface area contributed by atoms with Crippen LogP contribution < -0.4 is 0 Å². The minimum atomic E-state index is 0. The van der Waals surface area contributed by atoms with E-state index in [2.05, 4.69) is 132 Å². The van der Waals surface area contributed by atoms with Crippen molar-refractivity contribution in [2.75, 3.05) is 0 Å². The molecule has 0 amide bonds. The van der Waals surface area contributed by atoms with Crippen LogP contribution in [0.25, 0.3) is 87.1 Å². The molecule has 0 aliphatic rings. The monoisotopic (exact) mass is 801 g/mol. The van der Waals surface area contributed by atoms with E-state index in [0.29, 0.717) is 0 Å². The van der Waals surface area contributed by atoms with Crippen LogP contribution in [0.1, 0.15) is 0 Å². The Hall–Kier alpha value is -5.73. The van der Waals surface area contributed by atoms with Crippen molar-refractivity contribution in [3.63, 3.8) is 0 Å². The van der Waals surface area contributed by atoms with Gasteiger partial charge in [0.15, 0.2) is 0 Å². The SMILES string of the molecule is [Ir].[c-]1cc2c(ccc3ccc4ccccc4c32)cc1-c1nccc2c1ccc1c3ccccc3ccc21.[c-]1ccccc1-c1ccccn1. The molecule has 1 radical (unpaired) electrons. The number of fused-ring (bicyclic) bond motifs is 10. The first-order valence-corrected chi connectivity index (χ1v) is 16.2. The second-order valence-electron chi connectivity index (χ2n) is 12.0. The van der Waals surface area contributed by atoms with E-state index >= 15 is 0 Å². The molecule has 2 aromatic heterocycles. The maximum Gasteiger partial charge on any atom is 0.0167 e. The maximum absolute atomic E-state index is 4.83. The van der Waals surface area contributed by atoms with Crippen LogP contribution in [-0.4, -0.2) is 9.97 Å². The Balaban J connectivity index is 0.000000228. The van der Waals surface area contributed by atoms with Crippen molar-refractivity contribution >= 4 is 64.6 Å². The van der Waals surface area contributed by atoms with Gasteiger partial charge >= 0.3 is 0 Å². The van der Waals surface area contributed by atoms with Crippen LogP contribution in [0.3, 0.4) is 0 Å². The summed E-state index contributed by atoms with van der Waals surface area (Å²) in [6.45, 7) is 0. The molecule has 0 N–H and O–H groups in total. The quantitative estimate of drug-likeness (QED) is 0.129. The second-order valence-corrected chi connectivity index (χ2v) is 12.0. The molecule has 0 saturated heterocycles. The largest absolute Gasteiger partial charge is 0.305 e. The van der Waals surface area contributed by atoms with Crippen LogP contribution in [0.5, 0.6) is 0 Å². The molecule has 0 spiro atoms. The normalized spacial score (nSPS) is 11.1. The third kappa shape index (κ3) is 5.54. The van der Waals surface area contributed by atoms with Gasteiger partial charge in [-0.05, 0) is 77.4 Å². The Bertz CT molecular complexity index is 2740. The Kier molecular flexibility index (Phi) is 8.15. The fourth-order valence-corrected chi connectivity index (χ4v) is 6.95. The van der Waals surface area contributed by atoms with Gasteiger partial charge in [-0.1, -0.05) is 115 Å². The average Bonchev–Trinajstić information content (AvgIpc) is 3.18. The number of rotatable bonds is 2. The average molecular weight is 801 g/mol. The second kappa shape index (κ2) is 13.1. The van der Waals surface area contributed by atoms with Gasteiger partial charge < -0.3 is 9.97 Å². The van der Waals surface area contributed by atoms with E-state index in [0.717, 1.165) is 27.9 Å². The predicted molar refractivity (Wildman–Crippen MR) is 202 cm³/mol. The van der Waals surface area contributed by atoms with Gasteiger partial charge in [-0.2, -0.15) is 0 Å². The first-order chi connectivity index (χ1) is 23.8. The summed E-state index contributed by atoms with van der Waals surface area (Å²) in [7, 11) is 0. The van der Waals surface area contributed by atoms with E-state index in [1.807, 2.05) is 48.7 Å². The minimum Gasteiger partial charge on any atom is -0.305 e. The molecule has 233 valence electrons. The van der Waals surface area contributed by atoms with Gasteiger partial charge in [0.2, 0.25) is 0 Å². The first-order valence-electron chi connectivity index (χ1n) is 16.2. The van der Waals surface area contributed by atoms with Gasteiger partial charge in [-0.25, -0.2) is 0 Å². The third-order valence-electron chi connectivity index (χ3n) is 9.23. The molecular weight excluding hydrogens is 773 g/mol. The van der Waals surface area contributed by atoms with Crippen LogP contribution >= 0.6 is 0 Å². The molecule has 0 unspecified atom stereocenters. The third-order valence-corrected chi connectivity index (χ3v) is 9.23. The summed E-state index contributed by atoms with van der Waals surface area (Å²) in [5.74, 6) is 0. The molecule has 0 atom stereocenters. The topological polar surface area (TPSA) is 25.8 Å². The van der Waals surface area contributed by atoms with Gasteiger partial charge in [0, 0.05) is 32.5 Å². The molecule has 0 fully saturated rings. The van der Waals surface area contributed by atoms with Crippen molar-refractivity contribution in [3.8, 4) is 22.5 Å². The van der Waals surface area contributed by atoms with E-state index < -0.39 is 0 Å². The summed E-state index contributed by atoms with van der Waals surface area (Å²) >= 11 is 0. The molecule has 3 heteroatoms. The maximum atomic E-state index is 4.83.